The maximum Gasteiger partial charge on any atom is 0.523 e. The van der Waals surface area contributed by atoms with Crippen molar-refractivity contribution in [2.45, 2.75) is 37.5 Å². The minimum Gasteiger partial charge on any atom is -0.379 e. The van der Waals surface area contributed by atoms with Crippen molar-refractivity contribution >= 4 is 10.1 Å². The zero-order chi connectivity index (χ0) is 17.7. The molecule has 0 rings (SSSR count). The second kappa shape index (κ2) is 7.75. The van der Waals surface area contributed by atoms with E-state index in [1.807, 2.05) is 0 Å². The molecular formula is C9H13F7O5S. The molecule has 0 amide bonds. The van der Waals surface area contributed by atoms with Gasteiger partial charge in [-0.3, -0.25) is 0 Å². The van der Waals surface area contributed by atoms with Crippen LogP contribution < -0.4 is 0 Å². The maximum absolute atomic E-state index is 12.9. The number of hydrogen-bond donors (Lipinski definition) is 0. The van der Waals surface area contributed by atoms with Gasteiger partial charge in [0.05, 0.1) is 13.2 Å². The molecule has 0 fully saturated rings. The molecule has 0 aromatic rings. The lowest BCUT2D eigenvalue weighted by Crippen LogP contribution is -2.48. The van der Waals surface area contributed by atoms with Crippen molar-refractivity contribution in [2.24, 2.45) is 0 Å². The van der Waals surface area contributed by atoms with Crippen LogP contribution in [0.3, 0.4) is 0 Å². The number of alkyl halides is 7. The smallest absolute Gasteiger partial charge is 0.379 e. The van der Waals surface area contributed by atoms with E-state index in [-0.39, 0.29) is 6.61 Å². The largest absolute Gasteiger partial charge is 0.523 e. The molecule has 0 aromatic carbocycles. The van der Waals surface area contributed by atoms with Crippen LogP contribution in [0, 0.1) is 0 Å². The van der Waals surface area contributed by atoms with Gasteiger partial charge in [0.25, 0.3) is 0 Å². The van der Waals surface area contributed by atoms with Crippen LogP contribution in [0.1, 0.15) is 19.8 Å². The molecule has 0 radical (unpaired) electrons. The van der Waals surface area contributed by atoms with E-state index < -0.39 is 41.1 Å². The first kappa shape index (κ1) is 21.3. The van der Waals surface area contributed by atoms with Crippen molar-refractivity contribution in [2.75, 3.05) is 19.8 Å². The molecular weight excluding hydrogens is 353 g/mol. The van der Waals surface area contributed by atoms with Crippen LogP contribution in [-0.2, 0) is 23.8 Å². The first-order chi connectivity index (χ1) is 9.77. The van der Waals surface area contributed by atoms with Crippen LogP contribution >= 0.6 is 0 Å². The summed E-state index contributed by atoms with van der Waals surface area (Å²) < 4.78 is 118. The van der Waals surface area contributed by atoms with Gasteiger partial charge in [-0.15, -0.1) is 0 Å². The maximum atomic E-state index is 12.9. The SMILES string of the molecule is CCCCOCCOC(F)(F)C(F)(F)OS(=O)(=O)C(F)(F)F. The number of rotatable bonds is 10. The number of unbranched alkanes of at least 4 members (excludes halogenated alkanes) is 1. The lowest BCUT2D eigenvalue weighted by molar-refractivity contribution is -0.408. The molecule has 0 saturated carbocycles. The molecule has 0 heterocycles. The third kappa shape index (κ3) is 6.22. The van der Waals surface area contributed by atoms with Crippen molar-refractivity contribution in [3.63, 3.8) is 0 Å². The van der Waals surface area contributed by atoms with Crippen molar-refractivity contribution in [1.29, 1.82) is 0 Å². The molecule has 0 unspecified atom stereocenters. The van der Waals surface area contributed by atoms with E-state index in [0.717, 1.165) is 6.42 Å². The van der Waals surface area contributed by atoms with Crippen LogP contribution in [0.5, 0.6) is 0 Å². The Labute approximate surface area is 121 Å². The minimum atomic E-state index is -6.92. The van der Waals surface area contributed by atoms with Gasteiger partial charge in [0.1, 0.15) is 0 Å². The Morgan fingerprint density at radius 3 is 1.86 bits per heavy atom. The molecule has 0 saturated heterocycles. The molecule has 0 aliphatic carbocycles. The second-order valence-electron chi connectivity index (χ2n) is 3.83. The van der Waals surface area contributed by atoms with Crippen LogP contribution in [-0.4, -0.2) is 46.0 Å². The van der Waals surface area contributed by atoms with Crippen molar-refractivity contribution in [3.05, 3.63) is 0 Å². The molecule has 0 aliphatic rings. The van der Waals surface area contributed by atoms with Crippen LogP contribution in [0.25, 0.3) is 0 Å². The molecule has 22 heavy (non-hydrogen) atoms. The predicted molar refractivity (Wildman–Crippen MR) is 57.6 cm³/mol. The summed E-state index contributed by atoms with van der Waals surface area (Å²) in [7, 11) is -6.92. The van der Waals surface area contributed by atoms with Crippen molar-refractivity contribution in [1.82, 2.24) is 0 Å². The first-order valence-corrected chi connectivity index (χ1v) is 7.17. The molecule has 0 aliphatic heterocycles. The second-order valence-corrected chi connectivity index (χ2v) is 5.37. The Bertz CT molecular complexity index is 434. The summed E-state index contributed by atoms with van der Waals surface area (Å²) in [6.07, 6.45) is -10.3. The van der Waals surface area contributed by atoms with Gasteiger partial charge < -0.3 is 9.47 Å². The van der Waals surface area contributed by atoms with Gasteiger partial charge in [0, 0.05) is 6.61 Å². The third-order valence-corrected chi connectivity index (χ3v) is 2.99. The van der Waals surface area contributed by atoms with Gasteiger partial charge in [-0.25, -0.2) is 0 Å². The van der Waals surface area contributed by atoms with Gasteiger partial charge in [-0.2, -0.15) is 43.3 Å². The van der Waals surface area contributed by atoms with E-state index in [1.54, 1.807) is 6.92 Å². The summed E-state index contributed by atoms with van der Waals surface area (Å²) in [4.78, 5) is 0. The highest BCUT2D eigenvalue weighted by molar-refractivity contribution is 7.87. The number of ether oxygens (including phenoxy) is 2. The zero-order valence-corrected chi connectivity index (χ0v) is 11.9. The van der Waals surface area contributed by atoms with E-state index in [1.165, 1.54) is 0 Å². The van der Waals surface area contributed by atoms with Crippen molar-refractivity contribution < 1.29 is 52.8 Å². The monoisotopic (exact) mass is 366 g/mol. The van der Waals surface area contributed by atoms with E-state index in [0.29, 0.717) is 6.42 Å². The lowest BCUT2D eigenvalue weighted by atomic mass is 10.4. The van der Waals surface area contributed by atoms with Gasteiger partial charge >= 0.3 is 27.8 Å². The minimum absolute atomic E-state index is 0.140. The molecule has 5 nitrogen and oxygen atoms in total. The quantitative estimate of drug-likeness (QED) is 0.258. The molecule has 0 aromatic heterocycles. The first-order valence-electron chi connectivity index (χ1n) is 5.76. The van der Waals surface area contributed by atoms with E-state index >= 15 is 0 Å². The van der Waals surface area contributed by atoms with Gasteiger partial charge in [-0.05, 0) is 6.42 Å². The molecule has 0 N–H and O–H groups in total. The topological polar surface area (TPSA) is 61.8 Å². The summed E-state index contributed by atoms with van der Waals surface area (Å²) in [6, 6.07) is 0. The van der Waals surface area contributed by atoms with Crippen molar-refractivity contribution in [3.8, 4) is 0 Å². The lowest BCUT2D eigenvalue weighted by Gasteiger charge is -2.25. The van der Waals surface area contributed by atoms with Gasteiger partial charge in [0.2, 0.25) is 0 Å². The molecule has 134 valence electrons. The number of hydrogen-bond acceptors (Lipinski definition) is 5. The Hall–Kier alpha value is -0.660. The van der Waals surface area contributed by atoms with E-state index in [9.17, 15) is 39.2 Å². The highest BCUT2D eigenvalue weighted by Crippen LogP contribution is 2.40. The summed E-state index contributed by atoms with van der Waals surface area (Å²) in [5.41, 5.74) is -6.28. The molecule has 0 spiro atoms. The highest BCUT2D eigenvalue weighted by atomic mass is 32.2. The molecule has 0 bridgehead atoms. The molecule has 0 atom stereocenters. The Kier molecular flexibility index (Phi) is 7.51. The average Bonchev–Trinajstić information content (AvgIpc) is 2.30. The summed E-state index contributed by atoms with van der Waals surface area (Å²) >= 11 is 0. The fourth-order valence-corrected chi connectivity index (χ4v) is 1.36. The van der Waals surface area contributed by atoms with Gasteiger partial charge in [0.15, 0.2) is 0 Å². The summed E-state index contributed by atoms with van der Waals surface area (Å²) in [5, 5.41) is 0. The highest BCUT2D eigenvalue weighted by Gasteiger charge is 2.66. The summed E-state index contributed by atoms with van der Waals surface area (Å²) in [5.74, 6) is 0. The number of halogens is 7. The third-order valence-electron chi connectivity index (χ3n) is 1.99. The Morgan fingerprint density at radius 2 is 1.41 bits per heavy atom. The predicted octanol–water partition coefficient (Wildman–Crippen LogP) is 2.87. The Morgan fingerprint density at radius 1 is 0.864 bits per heavy atom. The fraction of sp³-hybridized carbons (Fsp3) is 1.00. The molecule has 13 heteroatoms. The van der Waals surface area contributed by atoms with E-state index in [2.05, 4.69) is 8.92 Å². The van der Waals surface area contributed by atoms with Crippen LogP contribution in [0.2, 0.25) is 0 Å². The average molecular weight is 366 g/mol. The van der Waals surface area contributed by atoms with Crippen LogP contribution in [0.15, 0.2) is 0 Å². The zero-order valence-electron chi connectivity index (χ0n) is 11.1. The Balaban J connectivity index is 4.61. The fourth-order valence-electron chi connectivity index (χ4n) is 0.895. The van der Waals surface area contributed by atoms with Gasteiger partial charge in [-0.1, -0.05) is 13.3 Å². The standard InChI is InChI=1S/C9H13F7O5S/c1-2-3-4-19-5-6-20-7(10,11)8(12,13)21-22(17,18)9(14,15)16/h2-6H2,1H3. The van der Waals surface area contributed by atoms with E-state index in [4.69, 9.17) is 4.74 Å². The van der Waals surface area contributed by atoms with Crippen LogP contribution in [0.4, 0.5) is 30.7 Å². The summed E-state index contributed by atoms with van der Waals surface area (Å²) in [6.45, 7) is 0.285. The normalized spacial score (nSPS) is 14.4.